The summed E-state index contributed by atoms with van der Waals surface area (Å²) < 4.78 is 14.8. The van der Waals surface area contributed by atoms with Crippen molar-refractivity contribution in [3.05, 3.63) is 40.9 Å². The summed E-state index contributed by atoms with van der Waals surface area (Å²) in [5.74, 6) is 0.736. The van der Waals surface area contributed by atoms with Crippen LogP contribution in [0, 0.1) is 0 Å². The monoisotopic (exact) mass is 500 g/mol. The Hall–Kier alpha value is -2.82. The average Bonchev–Trinajstić information content (AvgIpc) is 3.10. The van der Waals surface area contributed by atoms with E-state index in [0.29, 0.717) is 30.1 Å². The Balaban J connectivity index is 1.73. The van der Waals surface area contributed by atoms with Crippen LogP contribution in [0.2, 0.25) is 25.7 Å². The molecule has 2 N–H and O–H groups in total. The Morgan fingerprint density at radius 3 is 2.77 bits per heavy atom. The molecular formula is C25H36N4O5Si. The smallest absolute Gasteiger partial charge is 0.337 e. The maximum Gasteiger partial charge on any atom is 0.337 e. The maximum atomic E-state index is 13.6. The number of hydrogen-bond donors (Lipinski definition) is 2. The van der Waals surface area contributed by atoms with Crippen molar-refractivity contribution >= 4 is 24.9 Å². The van der Waals surface area contributed by atoms with Gasteiger partial charge in [0.05, 0.1) is 17.4 Å². The molecule has 1 atom stereocenters. The van der Waals surface area contributed by atoms with E-state index >= 15 is 0 Å². The molecule has 2 aromatic heterocycles. The van der Waals surface area contributed by atoms with Gasteiger partial charge in [0.2, 0.25) is 0 Å². The number of benzene rings is 1. The van der Waals surface area contributed by atoms with Crippen molar-refractivity contribution in [2.75, 3.05) is 31.3 Å². The molecule has 0 fully saturated rings. The Morgan fingerprint density at radius 1 is 1.23 bits per heavy atom. The van der Waals surface area contributed by atoms with Gasteiger partial charge in [-0.1, -0.05) is 19.6 Å². The Morgan fingerprint density at radius 2 is 2.03 bits per heavy atom. The SMILES string of the molecule is CC1COc2ccc(-n3c(=O)n(COCC[Si](C)(C)C)c4nccc(O)c43)cc2N1CCCCO. The molecular weight excluding hydrogens is 464 g/mol. The number of aliphatic hydroxyl groups is 1. The van der Waals surface area contributed by atoms with E-state index in [0.717, 1.165) is 36.9 Å². The summed E-state index contributed by atoms with van der Waals surface area (Å²) in [7, 11) is -1.26. The molecule has 0 bridgehead atoms. The summed E-state index contributed by atoms with van der Waals surface area (Å²) in [5.41, 5.74) is 1.92. The van der Waals surface area contributed by atoms with Gasteiger partial charge in [-0.25, -0.2) is 9.78 Å². The van der Waals surface area contributed by atoms with Crippen LogP contribution in [0.3, 0.4) is 0 Å². The fraction of sp³-hybridized carbons (Fsp3) is 0.520. The number of aromatic hydroxyl groups is 1. The minimum atomic E-state index is -1.26. The van der Waals surface area contributed by atoms with E-state index in [1.54, 1.807) is 0 Å². The van der Waals surface area contributed by atoms with Gasteiger partial charge >= 0.3 is 5.69 Å². The molecule has 190 valence electrons. The number of rotatable bonds is 10. The van der Waals surface area contributed by atoms with Crippen LogP contribution in [-0.4, -0.2) is 64.8 Å². The number of ether oxygens (including phenoxy) is 2. The molecule has 0 amide bonds. The molecule has 3 heterocycles. The molecule has 1 aromatic carbocycles. The highest BCUT2D eigenvalue weighted by Crippen LogP contribution is 2.37. The fourth-order valence-corrected chi connectivity index (χ4v) is 5.06. The van der Waals surface area contributed by atoms with Gasteiger partial charge in [-0.3, -0.25) is 9.13 Å². The standard InChI is InChI=1S/C25H36N4O5Si/c1-18-16-34-22-8-7-19(15-20(22)27(18)11-5-6-12-30)29-23-21(31)9-10-26-24(23)28(25(29)32)17-33-13-14-35(2,3)4/h7-10,15,18,30H,5-6,11-14,16-17H2,1-4H3,(H,26,31). The number of anilines is 1. The average molecular weight is 501 g/mol. The molecule has 1 aliphatic heterocycles. The van der Waals surface area contributed by atoms with Gasteiger partial charge in [-0.2, -0.15) is 0 Å². The molecule has 35 heavy (non-hydrogen) atoms. The van der Waals surface area contributed by atoms with Crippen LogP contribution < -0.4 is 15.3 Å². The molecule has 10 heteroatoms. The normalized spacial score (nSPS) is 15.9. The van der Waals surface area contributed by atoms with Crippen molar-refractivity contribution in [2.45, 2.75) is 58.2 Å². The lowest BCUT2D eigenvalue weighted by Crippen LogP contribution is -2.41. The highest BCUT2D eigenvalue weighted by atomic mass is 28.3. The van der Waals surface area contributed by atoms with E-state index in [9.17, 15) is 15.0 Å². The predicted octanol–water partition coefficient (Wildman–Crippen LogP) is 3.56. The van der Waals surface area contributed by atoms with Crippen molar-refractivity contribution in [1.29, 1.82) is 0 Å². The number of fused-ring (bicyclic) bond motifs is 2. The molecule has 0 radical (unpaired) electrons. The van der Waals surface area contributed by atoms with Crippen molar-refractivity contribution in [1.82, 2.24) is 14.1 Å². The Labute approximate surface area is 206 Å². The number of nitrogens with zero attached hydrogens (tertiary/aromatic N) is 4. The lowest BCUT2D eigenvalue weighted by atomic mass is 10.1. The van der Waals surface area contributed by atoms with Gasteiger partial charge < -0.3 is 24.6 Å². The van der Waals surface area contributed by atoms with Gasteiger partial charge in [0.25, 0.3) is 0 Å². The molecule has 4 rings (SSSR count). The molecule has 1 aliphatic rings. The third kappa shape index (κ3) is 5.39. The van der Waals surface area contributed by atoms with Crippen LogP contribution in [0.1, 0.15) is 19.8 Å². The second-order valence-corrected chi connectivity index (χ2v) is 16.0. The number of imidazole rings is 1. The Kier molecular flexibility index (Phi) is 7.53. The number of aromatic nitrogens is 3. The largest absolute Gasteiger partial charge is 0.506 e. The summed E-state index contributed by atoms with van der Waals surface area (Å²) in [5, 5.41) is 19.9. The topological polar surface area (TPSA) is 102 Å². The van der Waals surface area contributed by atoms with Crippen molar-refractivity contribution in [3.8, 4) is 17.2 Å². The highest BCUT2D eigenvalue weighted by molar-refractivity contribution is 6.76. The van der Waals surface area contributed by atoms with E-state index in [-0.39, 0.29) is 30.8 Å². The van der Waals surface area contributed by atoms with Gasteiger partial charge in [-0.15, -0.1) is 0 Å². The summed E-state index contributed by atoms with van der Waals surface area (Å²) in [6.07, 6.45) is 3.07. The fourth-order valence-electron chi connectivity index (χ4n) is 4.31. The summed E-state index contributed by atoms with van der Waals surface area (Å²) in [4.78, 5) is 20.2. The molecule has 9 nitrogen and oxygen atoms in total. The first kappa shape index (κ1) is 25.3. The molecule has 1 unspecified atom stereocenters. The van der Waals surface area contributed by atoms with Crippen LogP contribution in [0.15, 0.2) is 35.3 Å². The molecule has 0 saturated heterocycles. The van der Waals surface area contributed by atoms with E-state index < -0.39 is 8.07 Å². The second kappa shape index (κ2) is 10.4. The molecule has 0 saturated carbocycles. The van der Waals surface area contributed by atoms with Gasteiger partial charge in [0, 0.05) is 40.1 Å². The summed E-state index contributed by atoms with van der Waals surface area (Å²) in [6.45, 7) is 11.1. The second-order valence-electron chi connectivity index (χ2n) is 10.3. The highest BCUT2D eigenvalue weighted by Gasteiger charge is 2.26. The van der Waals surface area contributed by atoms with Crippen molar-refractivity contribution in [3.63, 3.8) is 0 Å². The zero-order chi connectivity index (χ0) is 25.2. The molecule has 0 aliphatic carbocycles. The third-order valence-electron chi connectivity index (χ3n) is 6.33. The zero-order valence-electron chi connectivity index (χ0n) is 21.0. The Bertz CT molecular complexity index is 1230. The number of hydrogen-bond acceptors (Lipinski definition) is 7. The number of pyridine rings is 1. The van der Waals surface area contributed by atoms with Crippen molar-refractivity contribution < 1.29 is 19.7 Å². The number of aliphatic hydroxyl groups excluding tert-OH is 1. The first-order valence-corrected chi connectivity index (χ1v) is 15.9. The first-order valence-electron chi connectivity index (χ1n) is 12.2. The van der Waals surface area contributed by atoms with Gasteiger partial charge in [0.15, 0.2) is 5.65 Å². The first-order chi connectivity index (χ1) is 16.7. The minimum Gasteiger partial charge on any atom is -0.506 e. The number of unbranched alkanes of at least 4 members (excludes halogenated alkanes) is 1. The van der Waals surface area contributed by atoms with Gasteiger partial charge in [-0.05, 0) is 44.0 Å². The van der Waals surface area contributed by atoms with E-state index in [2.05, 4.69) is 36.4 Å². The molecule has 3 aromatic rings. The van der Waals surface area contributed by atoms with Crippen molar-refractivity contribution in [2.24, 2.45) is 0 Å². The quantitative estimate of drug-likeness (QED) is 0.324. The van der Waals surface area contributed by atoms with Crippen LogP contribution in [0.5, 0.6) is 11.5 Å². The maximum absolute atomic E-state index is 13.6. The van der Waals surface area contributed by atoms with E-state index in [4.69, 9.17) is 9.47 Å². The molecule has 0 spiro atoms. The van der Waals surface area contributed by atoms with Crippen LogP contribution in [0.4, 0.5) is 5.69 Å². The van der Waals surface area contributed by atoms with E-state index in [1.807, 2.05) is 18.2 Å². The predicted molar refractivity (Wildman–Crippen MR) is 140 cm³/mol. The summed E-state index contributed by atoms with van der Waals surface area (Å²) >= 11 is 0. The van der Waals surface area contributed by atoms with Crippen LogP contribution in [0.25, 0.3) is 16.9 Å². The van der Waals surface area contributed by atoms with Crippen LogP contribution >= 0.6 is 0 Å². The lowest BCUT2D eigenvalue weighted by molar-refractivity contribution is 0.0871. The van der Waals surface area contributed by atoms with E-state index in [1.165, 1.54) is 21.4 Å². The lowest BCUT2D eigenvalue weighted by Gasteiger charge is -2.37. The van der Waals surface area contributed by atoms with Crippen LogP contribution in [-0.2, 0) is 11.5 Å². The van der Waals surface area contributed by atoms with Gasteiger partial charge in [0.1, 0.15) is 30.4 Å². The summed E-state index contributed by atoms with van der Waals surface area (Å²) in [6, 6.07) is 8.25. The minimum absolute atomic E-state index is 0.0184. The third-order valence-corrected chi connectivity index (χ3v) is 8.04. The zero-order valence-corrected chi connectivity index (χ0v) is 22.0.